The SMILES string of the molecule is C[C@@H]1CCC[N+]1(C=O)C(=O)CCC(=O)CCc1ccc(C(F)(F)F)cc1. The van der Waals surface area contributed by atoms with Gasteiger partial charge in [0.15, 0.2) is 0 Å². The largest absolute Gasteiger partial charge is 0.416 e. The van der Waals surface area contributed by atoms with E-state index in [1.165, 1.54) is 12.1 Å². The summed E-state index contributed by atoms with van der Waals surface area (Å²) in [6.07, 6.45) is -1.50. The molecule has 7 heteroatoms. The van der Waals surface area contributed by atoms with Crippen LogP contribution in [-0.4, -0.2) is 35.2 Å². The Bertz CT molecular complexity index is 670. The first-order valence-electron chi connectivity index (χ1n) is 8.74. The third-order valence-corrected chi connectivity index (χ3v) is 5.18. The molecule has 2 atom stereocenters. The number of imide groups is 1. The van der Waals surface area contributed by atoms with Crippen LogP contribution in [0, 0.1) is 0 Å². The van der Waals surface area contributed by atoms with Gasteiger partial charge >= 0.3 is 18.5 Å². The molecule has 2 rings (SSSR count). The molecule has 26 heavy (non-hydrogen) atoms. The summed E-state index contributed by atoms with van der Waals surface area (Å²) >= 11 is 0. The molecule has 0 aliphatic carbocycles. The lowest BCUT2D eigenvalue weighted by Crippen LogP contribution is -2.53. The molecule has 0 bridgehead atoms. The van der Waals surface area contributed by atoms with E-state index in [1.54, 1.807) is 0 Å². The van der Waals surface area contributed by atoms with Crippen molar-refractivity contribution >= 4 is 18.1 Å². The molecule has 142 valence electrons. The van der Waals surface area contributed by atoms with E-state index in [1.807, 2.05) is 6.92 Å². The number of likely N-dealkylation sites (tertiary alicyclic amines) is 1. The summed E-state index contributed by atoms with van der Waals surface area (Å²) < 4.78 is 37.3. The number of carbonyl (C=O) groups excluding carboxylic acids is 3. The van der Waals surface area contributed by atoms with Crippen molar-refractivity contribution in [3.63, 3.8) is 0 Å². The summed E-state index contributed by atoms with van der Waals surface area (Å²) in [5.41, 5.74) is -0.0805. The standard InChI is InChI=1S/C19H23F3NO3/c1-14-3-2-12-23(14,13-24)18(26)11-10-17(25)9-6-15-4-7-16(8-5-15)19(20,21)22/h4-5,7-8,13-14H,2-3,6,9-12H2,1H3/q+1/t14-,23?/m1/s1. The maximum atomic E-state index is 12.5. The molecule has 1 fully saturated rings. The molecular weight excluding hydrogens is 347 g/mol. The number of nitrogens with zero attached hydrogens (tertiary/aromatic N) is 1. The van der Waals surface area contributed by atoms with E-state index in [0.717, 1.165) is 25.0 Å². The van der Waals surface area contributed by atoms with Crippen LogP contribution in [0.1, 0.15) is 50.2 Å². The molecule has 1 aliphatic heterocycles. The Hall–Kier alpha value is -2.02. The van der Waals surface area contributed by atoms with Crippen LogP contribution in [0.4, 0.5) is 13.2 Å². The number of ketones is 1. The van der Waals surface area contributed by atoms with Crippen molar-refractivity contribution in [3.8, 4) is 0 Å². The second kappa shape index (κ2) is 8.12. The lowest BCUT2D eigenvalue weighted by molar-refractivity contribution is -0.780. The highest BCUT2D eigenvalue weighted by Crippen LogP contribution is 2.29. The Morgan fingerprint density at radius 1 is 1.15 bits per heavy atom. The Kier molecular flexibility index (Phi) is 6.34. The van der Waals surface area contributed by atoms with Crippen LogP contribution in [0.3, 0.4) is 0 Å². The fourth-order valence-corrected chi connectivity index (χ4v) is 3.41. The zero-order valence-electron chi connectivity index (χ0n) is 14.7. The highest BCUT2D eigenvalue weighted by molar-refractivity contribution is 5.84. The maximum Gasteiger partial charge on any atom is 0.416 e. The predicted molar refractivity (Wildman–Crippen MR) is 88.9 cm³/mol. The minimum atomic E-state index is -4.38. The van der Waals surface area contributed by atoms with E-state index in [2.05, 4.69) is 0 Å². The lowest BCUT2D eigenvalue weighted by atomic mass is 10.0. The number of carbonyl (C=O) groups is 3. The molecule has 0 radical (unpaired) electrons. The Labute approximate surface area is 150 Å². The number of hydrogen-bond acceptors (Lipinski definition) is 3. The summed E-state index contributed by atoms with van der Waals surface area (Å²) in [7, 11) is 0. The summed E-state index contributed by atoms with van der Waals surface area (Å²) in [5.74, 6) is -0.359. The summed E-state index contributed by atoms with van der Waals surface area (Å²) in [4.78, 5) is 35.8. The normalized spacial score (nSPS) is 23.0. The molecule has 0 spiro atoms. The number of Topliss-reactive ketones (excluding diaryl/α,β-unsaturated/α-hetero) is 1. The number of halogens is 3. The van der Waals surface area contributed by atoms with Gasteiger partial charge in [-0.05, 0) is 31.0 Å². The molecule has 0 saturated carbocycles. The van der Waals surface area contributed by atoms with Crippen LogP contribution in [0.15, 0.2) is 24.3 Å². The third kappa shape index (κ3) is 4.58. The monoisotopic (exact) mass is 370 g/mol. The molecule has 1 aromatic carbocycles. The first kappa shape index (κ1) is 20.3. The quantitative estimate of drug-likeness (QED) is 0.544. The number of quaternary nitrogens is 1. The maximum absolute atomic E-state index is 12.5. The Balaban J connectivity index is 1.82. The highest BCUT2D eigenvalue weighted by atomic mass is 19.4. The topological polar surface area (TPSA) is 51.2 Å². The van der Waals surface area contributed by atoms with Gasteiger partial charge in [-0.1, -0.05) is 12.1 Å². The zero-order chi connectivity index (χ0) is 19.4. The van der Waals surface area contributed by atoms with Crippen molar-refractivity contribution in [2.45, 2.75) is 57.7 Å². The van der Waals surface area contributed by atoms with E-state index in [9.17, 15) is 27.6 Å². The van der Waals surface area contributed by atoms with Gasteiger partial charge in [0.1, 0.15) is 11.8 Å². The molecule has 1 aliphatic rings. The number of hydrogen-bond donors (Lipinski definition) is 0. The van der Waals surface area contributed by atoms with E-state index < -0.39 is 11.7 Å². The lowest BCUT2D eigenvalue weighted by Gasteiger charge is -2.28. The molecule has 2 amide bonds. The minimum Gasteiger partial charge on any atom is -0.300 e. The predicted octanol–water partition coefficient (Wildman–Crippen LogP) is 3.67. The van der Waals surface area contributed by atoms with Gasteiger partial charge in [0.25, 0.3) is 0 Å². The van der Waals surface area contributed by atoms with Crippen molar-refractivity contribution in [3.05, 3.63) is 35.4 Å². The fourth-order valence-electron chi connectivity index (χ4n) is 3.41. The van der Waals surface area contributed by atoms with Crippen molar-refractivity contribution in [1.82, 2.24) is 0 Å². The van der Waals surface area contributed by atoms with Gasteiger partial charge in [-0.15, -0.1) is 0 Å². The van der Waals surface area contributed by atoms with Gasteiger partial charge < -0.3 is 0 Å². The van der Waals surface area contributed by atoms with Crippen LogP contribution in [0.5, 0.6) is 0 Å². The first-order chi connectivity index (χ1) is 12.2. The number of amides is 2. The van der Waals surface area contributed by atoms with Gasteiger partial charge in [0.2, 0.25) is 0 Å². The van der Waals surface area contributed by atoms with Crippen molar-refractivity contribution in [2.24, 2.45) is 0 Å². The summed E-state index contributed by atoms with van der Waals surface area (Å²) in [6, 6.07) is 4.66. The van der Waals surface area contributed by atoms with Gasteiger partial charge in [0, 0.05) is 25.7 Å². The van der Waals surface area contributed by atoms with E-state index in [4.69, 9.17) is 0 Å². The van der Waals surface area contributed by atoms with Crippen LogP contribution >= 0.6 is 0 Å². The number of alkyl halides is 3. The molecule has 1 heterocycles. The first-order valence-corrected chi connectivity index (χ1v) is 8.74. The van der Waals surface area contributed by atoms with Crippen molar-refractivity contribution in [2.75, 3.05) is 6.54 Å². The van der Waals surface area contributed by atoms with Crippen molar-refractivity contribution in [1.29, 1.82) is 0 Å². The molecule has 1 aromatic rings. The van der Waals surface area contributed by atoms with E-state index in [0.29, 0.717) is 24.9 Å². The Morgan fingerprint density at radius 2 is 1.81 bits per heavy atom. The average molecular weight is 370 g/mol. The molecule has 1 saturated heterocycles. The number of benzene rings is 1. The van der Waals surface area contributed by atoms with Crippen molar-refractivity contribution < 1.29 is 32.0 Å². The highest BCUT2D eigenvalue weighted by Gasteiger charge is 2.45. The molecule has 0 aromatic heterocycles. The van der Waals surface area contributed by atoms with Crippen LogP contribution in [0.25, 0.3) is 0 Å². The molecule has 1 unspecified atom stereocenters. The van der Waals surface area contributed by atoms with Crippen LogP contribution in [0.2, 0.25) is 0 Å². The summed E-state index contributed by atoms with van der Waals surface area (Å²) in [5, 5.41) is 0. The smallest absolute Gasteiger partial charge is 0.300 e. The molecule has 4 nitrogen and oxygen atoms in total. The third-order valence-electron chi connectivity index (χ3n) is 5.18. The van der Waals surface area contributed by atoms with Gasteiger partial charge in [-0.2, -0.15) is 17.7 Å². The van der Waals surface area contributed by atoms with Crippen LogP contribution < -0.4 is 0 Å². The van der Waals surface area contributed by atoms with Crippen LogP contribution in [-0.2, 0) is 27.0 Å². The molecular formula is C19H23F3NO3+. The van der Waals surface area contributed by atoms with Gasteiger partial charge in [0.05, 0.1) is 18.5 Å². The van der Waals surface area contributed by atoms with Gasteiger partial charge in [-0.3, -0.25) is 4.79 Å². The Morgan fingerprint density at radius 3 is 2.31 bits per heavy atom. The average Bonchev–Trinajstić information content (AvgIpc) is 2.99. The van der Waals surface area contributed by atoms with E-state index >= 15 is 0 Å². The second-order valence-electron chi connectivity index (χ2n) is 6.88. The molecule has 0 N–H and O–H groups in total. The fraction of sp³-hybridized carbons (Fsp3) is 0.526. The van der Waals surface area contributed by atoms with Gasteiger partial charge in [-0.25, -0.2) is 9.59 Å². The number of aryl methyl sites for hydroxylation is 1. The van der Waals surface area contributed by atoms with E-state index in [-0.39, 0.29) is 41.5 Å². The minimum absolute atomic E-state index is 0.0227. The second-order valence-corrected chi connectivity index (χ2v) is 6.88. The zero-order valence-corrected chi connectivity index (χ0v) is 14.7. The summed E-state index contributed by atoms with van der Waals surface area (Å²) in [6.45, 7) is 2.36. The number of rotatable bonds is 7.